The molecule has 0 aliphatic carbocycles. The molecule has 5 heteroatoms. The highest BCUT2D eigenvalue weighted by Crippen LogP contribution is 2.18. The van der Waals surface area contributed by atoms with Gasteiger partial charge in [-0.2, -0.15) is 5.26 Å². The van der Waals surface area contributed by atoms with Gasteiger partial charge in [-0.05, 0) is 22.8 Å². The van der Waals surface area contributed by atoms with Crippen LogP contribution in [-0.4, -0.2) is 13.7 Å². The lowest BCUT2D eigenvalue weighted by Gasteiger charge is -2.11. The van der Waals surface area contributed by atoms with Gasteiger partial charge in [-0.1, -0.05) is 49.4 Å². The van der Waals surface area contributed by atoms with Crippen molar-refractivity contribution >= 4 is 20.8 Å². The van der Waals surface area contributed by atoms with Crippen molar-refractivity contribution in [1.29, 1.82) is 5.26 Å². The molecule has 1 N–H and O–H groups in total. The third kappa shape index (κ3) is 2.98. The number of hydrogen-bond donors (Lipinski definition) is 1. The van der Waals surface area contributed by atoms with Gasteiger partial charge in [-0.3, -0.25) is 0 Å². The zero-order valence-corrected chi connectivity index (χ0v) is 12.0. The molecule has 20 heavy (non-hydrogen) atoms. The van der Waals surface area contributed by atoms with Crippen LogP contribution in [0, 0.1) is 11.3 Å². The molecule has 0 saturated carbocycles. The molecular formula is C15H16N2O2S. The van der Waals surface area contributed by atoms with Gasteiger partial charge in [0, 0.05) is 6.54 Å². The van der Waals surface area contributed by atoms with Crippen molar-refractivity contribution in [2.75, 3.05) is 0 Å². The maximum Gasteiger partial charge on any atom is 0.228 e. The van der Waals surface area contributed by atoms with Gasteiger partial charge < -0.3 is 0 Å². The van der Waals surface area contributed by atoms with Crippen molar-refractivity contribution in [2.24, 2.45) is 0 Å². The molecule has 0 aliphatic heterocycles. The molecule has 2 rings (SSSR count). The van der Waals surface area contributed by atoms with Crippen LogP contribution < -0.4 is 4.72 Å². The monoisotopic (exact) mass is 288 g/mol. The first-order valence-electron chi connectivity index (χ1n) is 6.43. The smallest absolute Gasteiger partial charge is 0.211 e. The highest BCUT2D eigenvalue weighted by atomic mass is 32.2. The summed E-state index contributed by atoms with van der Waals surface area (Å²) in [6, 6.07) is 15.4. The Morgan fingerprint density at radius 1 is 1.20 bits per heavy atom. The van der Waals surface area contributed by atoms with E-state index in [-0.39, 0.29) is 13.0 Å². The summed E-state index contributed by atoms with van der Waals surface area (Å²) in [7, 11) is -3.60. The minimum Gasteiger partial charge on any atom is -0.211 e. The Balaban J connectivity index is 2.24. The molecule has 4 nitrogen and oxygen atoms in total. The molecule has 104 valence electrons. The fourth-order valence-electron chi connectivity index (χ4n) is 2.11. The van der Waals surface area contributed by atoms with E-state index < -0.39 is 15.3 Å². The summed E-state index contributed by atoms with van der Waals surface area (Å²) in [4.78, 5) is 0. The van der Waals surface area contributed by atoms with E-state index in [2.05, 4.69) is 4.72 Å². The number of nitriles is 1. The first-order chi connectivity index (χ1) is 9.58. The lowest BCUT2D eigenvalue weighted by molar-refractivity contribution is 0.572. The lowest BCUT2D eigenvalue weighted by atomic mass is 10.1. The minimum absolute atomic E-state index is 0.196. The fourth-order valence-corrected chi connectivity index (χ4v) is 3.24. The van der Waals surface area contributed by atoms with E-state index in [1.165, 1.54) is 0 Å². The number of nitrogens with zero attached hydrogens (tertiary/aromatic N) is 1. The van der Waals surface area contributed by atoms with E-state index in [9.17, 15) is 8.42 Å². The zero-order valence-electron chi connectivity index (χ0n) is 11.2. The van der Waals surface area contributed by atoms with E-state index in [0.29, 0.717) is 0 Å². The van der Waals surface area contributed by atoms with Crippen molar-refractivity contribution in [1.82, 2.24) is 4.72 Å². The fraction of sp³-hybridized carbons (Fsp3) is 0.267. The van der Waals surface area contributed by atoms with E-state index in [1.54, 1.807) is 6.92 Å². The molecule has 1 atom stereocenters. The second kappa shape index (κ2) is 6.04. The molecule has 2 aromatic rings. The molecule has 0 aliphatic rings. The summed E-state index contributed by atoms with van der Waals surface area (Å²) in [5.74, 6) is 0. The highest BCUT2D eigenvalue weighted by molar-refractivity contribution is 7.90. The van der Waals surface area contributed by atoms with Crippen LogP contribution in [0.3, 0.4) is 0 Å². The second-order valence-corrected chi connectivity index (χ2v) is 6.48. The lowest BCUT2D eigenvalue weighted by Crippen LogP contribution is -2.32. The van der Waals surface area contributed by atoms with Crippen LogP contribution in [0.5, 0.6) is 0 Å². The second-order valence-electron chi connectivity index (χ2n) is 4.53. The summed E-state index contributed by atoms with van der Waals surface area (Å²) < 4.78 is 26.5. The molecule has 0 aromatic heterocycles. The van der Waals surface area contributed by atoms with Crippen LogP contribution >= 0.6 is 0 Å². The topological polar surface area (TPSA) is 70.0 Å². The van der Waals surface area contributed by atoms with Gasteiger partial charge in [-0.25, -0.2) is 13.1 Å². The summed E-state index contributed by atoms with van der Waals surface area (Å²) in [5, 5.41) is 9.94. The Hall–Kier alpha value is -1.90. The molecule has 0 fully saturated rings. The molecular weight excluding hydrogens is 272 g/mol. The van der Waals surface area contributed by atoms with E-state index in [0.717, 1.165) is 16.3 Å². The Morgan fingerprint density at radius 2 is 1.90 bits per heavy atom. The number of nitrogens with one attached hydrogen (secondary N) is 1. The number of fused-ring (bicyclic) bond motifs is 1. The number of sulfonamides is 1. The third-order valence-corrected chi connectivity index (χ3v) is 4.97. The largest absolute Gasteiger partial charge is 0.228 e. The van der Waals surface area contributed by atoms with Crippen LogP contribution in [-0.2, 0) is 16.6 Å². The van der Waals surface area contributed by atoms with Crippen LogP contribution in [0.15, 0.2) is 42.5 Å². The van der Waals surface area contributed by atoms with Gasteiger partial charge in [-0.15, -0.1) is 0 Å². The first kappa shape index (κ1) is 14.5. The van der Waals surface area contributed by atoms with Gasteiger partial charge in [0.05, 0.1) is 6.07 Å². The normalized spacial score (nSPS) is 13.0. The van der Waals surface area contributed by atoms with Gasteiger partial charge in [0.25, 0.3) is 0 Å². The third-order valence-electron chi connectivity index (χ3n) is 3.23. The predicted octanol–water partition coefficient (Wildman–Crippen LogP) is 2.56. The van der Waals surface area contributed by atoms with E-state index in [1.807, 2.05) is 48.5 Å². The zero-order chi connectivity index (χ0) is 14.6. The highest BCUT2D eigenvalue weighted by Gasteiger charge is 2.22. The molecule has 0 radical (unpaired) electrons. The molecule has 0 heterocycles. The number of benzene rings is 2. The first-order valence-corrected chi connectivity index (χ1v) is 7.98. The molecule has 1 unspecified atom stereocenters. The number of rotatable bonds is 5. The van der Waals surface area contributed by atoms with E-state index in [4.69, 9.17) is 5.26 Å². The maximum absolute atomic E-state index is 12.0. The average Bonchev–Trinajstić information content (AvgIpc) is 2.46. The molecule has 0 saturated heterocycles. The Labute approximate surface area is 119 Å². The quantitative estimate of drug-likeness (QED) is 0.919. The van der Waals surface area contributed by atoms with Crippen LogP contribution in [0.25, 0.3) is 10.8 Å². The Kier molecular flexibility index (Phi) is 4.38. The van der Waals surface area contributed by atoms with Gasteiger partial charge in [0.15, 0.2) is 5.25 Å². The van der Waals surface area contributed by atoms with Crippen molar-refractivity contribution in [2.45, 2.75) is 25.1 Å². The summed E-state index contributed by atoms with van der Waals surface area (Å²) in [5.41, 5.74) is 0.902. The summed E-state index contributed by atoms with van der Waals surface area (Å²) in [6.07, 6.45) is 0.279. The Morgan fingerprint density at radius 3 is 2.60 bits per heavy atom. The van der Waals surface area contributed by atoms with Crippen molar-refractivity contribution in [3.8, 4) is 6.07 Å². The van der Waals surface area contributed by atoms with Crippen molar-refractivity contribution < 1.29 is 8.42 Å². The van der Waals surface area contributed by atoms with E-state index >= 15 is 0 Å². The Bertz CT molecular complexity index is 743. The summed E-state index contributed by atoms with van der Waals surface area (Å²) in [6.45, 7) is 1.88. The number of hydrogen-bond acceptors (Lipinski definition) is 3. The molecule has 0 bridgehead atoms. The predicted molar refractivity (Wildman–Crippen MR) is 79.4 cm³/mol. The summed E-state index contributed by atoms with van der Waals surface area (Å²) >= 11 is 0. The molecule has 0 amide bonds. The standard InChI is InChI=1S/C15H16N2O2S/c1-2-14(10-16)20(18,19)17-11-13-8-5-7-12-6-3-4-9-15(12)13/h3-9,14,17H,2,11H2,1H3. The van der Waals surface area contributed by atoms with Crippen molar-refractivity contribution in [3.05, 3.63) is 48.0 Å². The van der Waals surface area contributed by atoms with Gasteiger partial charge in [0.1, 0.15) is 0 Å². The average molecular weight is 288 g/mol. The maximum atomic E-state index is 12.0. The molecule has 0 spiro atoms. The van der Waals surface area contributed by atoms with Crippen LogP contribution in [0.2, 0.25) is 0 Å². The van der Waals surface area contributed by atoms with Gasteiger partial charge >= 0.3 is 0 Å². The SMILES string of the molecule is CCC(C#N)S(=O)(=O)NCc1cccc2ccccc12. The van der Waals surface area contributed by atoms with Crippen LogP contribution in [0.4, 0.5) is 0 Å². The van der Waals surface area contributed by atoms with Gasteiger partial charge in [0.2, 0.25) is 10.0 Å². The van der Waals surface area contributed by atoms with Crippen molar-refractivity contribution in [3.63, 3.8) is 0 Å². The van der Waals surface area contributed by atoms with Crippen LogP contribution in [0.1, 0.15) is 18.9 Å². The molecule has 2 aromatic carbocycles. The minimum atomic E-state index is -3.60.